The molecule has 0 saturated heterocycles. The normalized spacial score (nSPS) is 14.3. The van der Waals surface area contributed by atoms with Gasteiger partial charge in [0.2, 0.25) is 0 Å². The maximum atomic E-state index is 11.4. The van der Waals surface area contributed by atoms with E-state index < -0.39 is 11.5 Å². The monoisotopic (exact) mass is 286 g/mol. The molecule has 0 aliphatic rings. The Labute approximate surface area is 126 Å². The summed E-state index contributed by atoms with van der Waals surface area (Å²) in [5.74, 6) is -0.135. The van der Waals surface area contributed by atoms with Gasteiger partial charge in [0.05, 0.1) is 20.6 Å². The molecule has 0 aromatic rings. The van der Waals surface area contributed by atoms with Gasteiger partial charge in [-0.05, 0) is 6.42 Å². The summed E-state index contributed by atoms with van der Waals surface area (Å²) in [4.78, 5) is 11.4. The highest BCUT2D eigenvalue weighted by Gasteiger charge is 2.44. The third-order valence-electron chi connectivity index (χ3n) is 4.86. The van der Waals surface area contributed by atoms with Crippen molar-refractivity contribution in [1.29, 1.82) is 0 Å². The van der Waals surface area contributed by atoms with E-state index in [1.165, 1.54) is 44.9 Å². The number of rotatable bonds is 11. The molecule has 1 atom stereocenters. The summed E-state index contributed by atoms with van der Waals surface area (Å²) in [6.07, 6.45) is 9.17. The number of aliphatic carboxylic acids is 1. The first kappa shape index (κ1) is 19.4. The fourth-order valence-corrected chi connectivity index (χ4v) is 2.63. The quantitative estimate of drug-likeness (QED) is 0.454. The Morgan fingerprint density at radius 3 is 2.10 bits per heavy atom. The molecule has 0 spiro atoms. The van der Waals surface area contributed by atoms with Crippen molar-refractivity contribution in [3.8, 4) is 0 Å². The van der Waals surface area contributed by atoms with Crippen molar-refractivity contribution in [3.63, 3.8) is 0 Å². The topological polar surface area (TPSA) is 37.3 Å². The van der Waals surface area contributed by atoms with E-state index in [2.05, 4.69) is 13.8 Å². The summed E-state index contributed by atoms with van der Waals surface area (Å²) in [5, 5.41) is 9.37. The standard InChI is InChI=1S/C17H35NO2/c1-7-8-9-10-11-12-13-15(2)14-18(5,6)17(3,4)16(19)20/h15H,7-14H2,1-6H3/p+1. The van der Waals surface area contributed by atoms with Gasteiger partial charge in [0.25, 0.3) is 0 Å². The summed E-state index contributed by atoms with van der Waals surface area (Å²) in [6, 6.07) is 0. The van der Waals surface area contributed by atoms with Crippen LogP contribution in [0.1, 0.15) is 72.6 Å². The van der Waals surface area contributed by atoms with Crippen LogP contribution in [0.2, 0.25) is 0 Å². The number of hydrogen-bond acceptors (Lipinski definition) is 1. The highest BCUT2D eigenvalue weighted by molar-refractivity contribution is 5.76. The minimum absolute atomic E-state index is 0.541. The lowest BCUT2D eigenvalue weighted by Gasteiger charge is -2.43. The number of likely N-dealkylation sites (N-methyl/N-ethyl adjacent to an activating group) is 1. The van der Waals surface area contributed by atoms with Crippen molar-refractivity contribution < 1.29 is 14.4 Å². The maximum absolute atomic E-state index is 11.4. The van der Waals surface area contributed by atoms with Crippen LogP contribution in [0.5, 0.6) is 0 Å². The average Bonchev–Trinajstić information content (AvgIpc) is 2.32. The van der Waals surface area contributed by atoms with Crippen LogP contribution in [0.4, 0.5) is 0 Å². The number of unbranched alkanes of at least 4 members (excludes halogenated alkanes) is 5. The number of hydrogen-bond donors (Lipinski definition) is 1. The van der Waals surface area contributed by atoms with Crippen molar-refractivity contribution >= 4 is 5.97 Å². The van der Waals surface area contributed by atoms with Gasteiger partial charge in [-0.1, -0.05) is 52.4 Å². The summed E-state index contributed by atoms with van der Waals surface area (Å²) in [5.41, 5.74) is -0.727. The Hall–Kier alpha value is -0.570. The SMILES string of the molecule is CCCCCCCCC(C)C[N+](C)(C)C(C)(C)C(=O)O. The molecule has 0 radical (unpaired) electrons. The van der Waals surface area contributed by atoms with Gasteiger partial charge in [0.15, 0.2) is 5.54 Å². The van der Waals surface area contributed by atoms with Crippen LogP contribution in [0, 0.1) is 5.92 Å². The number of carboxylic acid groups (broad SMARTS) is 1. The van der Waals surface area contributed by atoms with Crippen molar-refractivity contribution in [2.75, 3.05) is 20.6 Å². The fourth-order valence-electron chi connectivity index (χ4n) is 2.63. The minimum Gasteiger partial charge on any atom is -0.477 e. The first-order chi connectivity index (χ1) is 9.15. The lowest BCUT2D eigenvalue weighted by Crippen LogP contribution is -2.61. The molecular formula is C17H36NO2+. The molecule has 0 heterocycles. The zero-order valence-corrected chi connectivity index (χ0v) is 14.5. The second-order valence-electron chi connectivity index (χ2n) is 7.39. The number of quaternary nitrogens is 1. The maximum Gasteiger partial charge on any atom is 0.365 e. The van der Waals surface area contributed by atoms with Crippen LogP contribution in [-0.4, -0.2) is 41.7 Å². The van der Waals surface area contributed by atoms with Gasteiger partial charge in [-0.3, -0.25) is 0 Å². The van der Waals surface area contributed by atoms with Crippen molar-refractivity contribution in [2.45, 2.75) is 78.2 Å². The molecule has 0 saturated carbocycles. The Morgan fingerprint density at radius 1 is 1.10 bits per heavy atom. The predicted molar refractivity (Wildman–Crippen MR) is 85.8 cm³/mol. The summed E-state index contributed by atoms with van der Waals surface area (Å²) >= 11 is 0. The van der Waals surface area contributed by atoms with Gasteiger partial charge in [0, 0.05) is 19.8 Å². The van der Waals surface area contributed by atoms with E-state index in [0.717, 1.165) is 6.54 Å². The smallest absolute Gasteiger partial charge is 0.365 e. The van der Waals surface area contributed by atoms with Crippen LogP contribution < -0.4 is 0 Å². The zero-order valence-electron chi connectivity index (χ0n) is 14.5. The van der Waals surface area contributed by atoms with E-state index in [4.69, 9.17) is 0 Å². The molecular weight excluding hydrogens is 250 g/mol. The summed E-state index contributed by atoms with van der Waals surface area (Å²) in [6.45, 7) is 9.07. The van der Waals surface area contributed by atoms with E-state index in [0.29, 0.717) is 10.4 Å². The predicted octanol–water partition coefficient (Wildman–Crippen LogP) is 4.31. The lowest BCUT2D eigenvalue weighted by molar-refractivity contribution is -0.931. The second-order valence-corrected chi connectivity index (χ2v) is 7.39. The Bertz CT molecular complexity index is 285. The van der Waals surface area contributed by atoms with Crippen LogP contribution >= 0.6 is 0 Å². The number of nitrogens with zero attached hydrogens (tertiary/aromatic N) is 1. The van der Waals surface area contributed by atoms with Gasteiger partial charge >= 0.3 is 5.97 Å². The molecule has 0 rings (SSSR count). The van der Waals surface area contributed by atoms with Crippen molar-refractivity contribution in [3.05, 3.63) is 0 Å². The molecule has 3 nitrogen and oxygen atoms in total. The Balaban J connectivity index is 4.07. The Kier molecular flexibility index (Phi) is 8.41. The molecule has 1 unspecified atom stereocenters. The van der Waals surface area contributed by atoms with E-state index in [-0.39, 0.29) is 0 Å². The average molecular weight is 286 g/mol. The number of carboxylic acids is 1. The van der Waals surface area contributed by atoms with Crippen LogP contribution in [0.25, 0.3) is 0 Å². The van der Waals surface area contributed by atoms with Gasteiger partial charge < -0.3 is 9.59 Å². The third kappa shape index (κ3) is 6.25. The van der Waals surface area contributed by atoms with Gasteiger partial charge in [-0.2, -0.15) is 0 Å². The molecule has 0 amide bonds. The van der Waals surface area contributed by atoms with E-state index in [1.807, 2.05) is 27.9 Å². The second kappa shape index (κ2) is 8.66. The fraction of sp³-hybridized carbons (Fsp3) is 0.941. The van der Waals surface area contributed by atoms with Gasteiger partial charge in [-0.25, -0.2) is 4.79 Å². The first-order valence-electron chi connectivity index (χ1n) is 8.21. The molecule has 0 aliphatic heterocycles. The molecule has 0 bridgehead atoms. The Morgan fingerprint density at radius 2 is 1.60 bits per heavy atom. The largest absolute Gasteiger partial charge is 0.477 e. The van der Waals surface area contributed by atoms with E-state index in [1.54, 1.807) is 0 Å². The zero-order chi connectivity index (χ0) is 15.8. The molecule has 0 aliphatic carbocycles. The molecule has 0 fully saturated rings. The summed E-state index contributed by atoms with van der Waals surface area (Å²) in [7, 11) is 4.07. The van der Waals surface area contributed by atoms with Gasteiger partial charge in [-0.15, -0.1) is 0 Å². The van der Waals surface area contributed by atoms with Crippen LogP contribution in [-0.2, 0) is 4.79 Å². The minimum atomic E-state index is -0.727. The molecule has 0 aromatic carbocycles. The molecule has 1 N–H and O–H groups in total. The van der Waals surface area contributed by atoms with Crippen LogP contribution in [0.15, 0.2) is 0 Å². The lowest BCUT2D eigenvalue weighted by atomic mass is 9.95. The highest BCUT2D eigenvalue weighted by atomic mass is 16.4. The highest BCUT2D eigenvalue weighted by Crippen LogP contribution is 2.24. The third-order valence-corrected chi connectivity index (χ3v) is 4.86. The van der Waals surface area contributed by atoms with Gasteiger partial charge in [0.1, 0.15) is 0 Å². The first-order valence-corrected chi connectivity index (χ1v) is 8.21. The van der Waals surface area contributed by atoms with Crippen LogP contribution in [0.3, 0.4) is 0 Å². The molecule has 120 valence electrons. The van der Waals surface area contributed by atoms with Crippen molar-refractivity contribution in [2.24, 2.45) is 5.92 Å². The molecule has 20 heavy (non-hydrogen) atoms. The molecule has 0 aromatic heterocycles. The molecule has 3 heteroatoms. The summed E-state index contributed by atoms with van der Waals surface area (Å²) < 4.78 is 0.541. The van der Waals surface area contributed by atoms with Crippen molar-refractivity contribution in [1.82, 2.24) is 0 Å². The van der Waals surface area contributed by atoms with E-state index in [9.17, 15) is 9.90 Å². The number of carbonyl (C=O) groups is 1. The van der Waals surface area contributed by atoms with E-state index >= 15 is 0 Å².